The van der Waals surface area contributed by atoms with Gasteiger partial charge in [-0.05, 0) is 35.9 Å². The predicted octanol–water partition coefficient (Wildman–Crippen LogP) is 2.97. The van der Waals surface area contributed by atoms with Crippen LogP contribution in [0.4, 0.5) is 10.1 Å². The van der Waals surface area contributed by atoms with Crippen LogP contribution >= 0.6 is 11.8 Å². The lowest BCUT2D eigenvalue weighted by atomic mass is 10.1. The number of aromatic nitrogens is 1. The van der Waals surface area contributed by atoms with E-state index in [0.717, 1.165) is 5.56 Å². The van der Waals surface area contributed by atoms with Crippen LogP contribution in [0, 0.1) is 17.1 Å². The maximum absolute atomic E-state index is 13.2. The lowest BCUT2D eigenvalue weighted by molar-refractivity contribution is 0.626. The molecular weight excluding hydrogens is 249 g/mol. The second-order valence-corrected chi connectivity index (χ2v) is 4.61. The first-order chi connectivity index (χ1) is 8.69. The lowest BCUT2D eigenvalue weighted by Gasteiger charge is -2.04. The predicted molar refractivity (Wildman–Crippen MR) is 69.3 cm³/mol. The Labute approximate surface area is 108 Å². The fourth-order valence-corrected chi connectivity index (χ4v) is 2.31. The summed E-state index contributed by atoms with van der Waals surface area (Å²) in [6.07, 6.45) is 1.66. The van der Waals surface area contributed by atoms with E-state index in [1.807, 2.05) is 6.07 Å². The summed E-state index contributed by atoms with van der Waals surface area (Å²) in [5.74, 6) is 0.117. The number of hydrogen-bond donors (Lipinski definition) is 1. The summed E-state index contributed by atoms with van der Waals surface area (Å²) < 4.78 is 13.2. The van der Waals surface area contributed by atoms with Crippen molar-refractivity contribution >= 4 is 17.4 Å². The molecule has 0 saturated heterocycles. The van der Waals surface area contributed by atoms with Gasteiger partial charge in [-0.3, -0.25) is 0 Å². The highest BCUT2D eigenvalue weighted by molar-refractivity contribution is 7.98. The summed E-state index contributed by atoms with van der Waals surface area (Å²) in [6.45, 7) is 0. The van der Waals surface area contributed by atoms with Crippen molar-refractivity contribution in [2.75, 3.05) is 5.73 Å². The Morgan fingerprint density at radius 2 is 2.22 bits per heavy atom. The summed E-state index contributed by atoms with van der Waals surface area (Å²) in [6, 6.07) is 9.74. The van der Waals surface area contributed by atoms with Gasteiger partial charge in [0.25, 0.3) is 0 Å². The standard InChI is InChI=1S/C13H10FN3S/c14-11-5-9(7-15)4-10(6-11)8-18-13-12(16)2-1-3-17-13/h1-6H,8,16H2. The molecule has 2 rings (SSSR count). The molecule has 0 aliphatic rings. The zero-order valence-corrected chi connectivity index (χ0v) is 10.2. The molecule has 0 aliphatic heterocycles. The second kappa shape index (κ2) is 5.52. The summed E-state index contributed by atoms with van der Waals surface area (Å²) in [5, 5.41) is 9.47. The van der Waals surface area contributed by atoms with Crippen LogP contribution in [0.2, 0.25) is 0 Å². The van der Waals surface area contributed by atoms with Crippen molar-refractivity contribution in [3.8, 4) is 6.07 Å². The van der Waals surface area contributed by atoms with Crippen LogP contribution in [0.25, 0.3) is 0 Å². The van der Waals surface area contributed by atoms with Gasteiger partial charge >= 0.3 is 0 Å². The number of hydrogen-bond acceptors (Lipinski definition) is 4. The maximum Gasteiger partial charge on any atom is 0.124 e. The van der Waals surface area contributed by atoms with Crippen molar-refractivity contribution < 1.29 is 4.39 Å². The zero-order valence-electron chi connectivity index (χ0n) is 9.43. The molecule has 0 spiro atoms. The van der Waals surface area contributed by atoms with E-state index in [0.29, 0.717) is 22.0 Å². The Morgan fingerprint density at radius 1 is 1.39 bits per heavy atom. The number of anilines is 1. The molecule has 1 aromatic carbocycles. The molecule has 2 N–H and O–H groups in total. The van der Waals surface area contributed by atoms with Crippen molar-refractivity contribution in [3.63, 3.8) is 0 Å². The quantitative estimate of drug-likeness (QED) is 0.861. The van der Waals surface area contributed by atoms with Gasteiger partial charge < -0.3 is 5.73 Å². The largest absolute Gasteiger partial charge is 0.397 e. The van der Waals surface area contributed by atoms with Crippen LogP contribution < -0.4 is 5.73 Å². The SMILES string of the molecule is N#Cc1cc(F)cc(CSc2ncccc2N)c1. The van der Waals surface area contributed by atoms with E-state index in [1.165, 1.54) is 23.9 Å². The molecule has 0 unspecified atom stereocenters. The van der Waals surface area contributed by atoms with Crippen LogP contribution in [-0.4, -0.2) is 4.98 Å². The van der Waals surface area contributed by atoms with E-state index in [1.54, 1.807) is 24.4 Å². The van der Waals surface area contributed by atoms with Gasteiger partial charge in [0.2, 0.25) is 0 Å². The van der Waals surface area contributed by atoms with Crippen LogP contribution in [0.3, 0.4) is 0 Å². The molecule has 0 aliphatic carbocycles. The molecule has 18 heavy (non-hydrogen) atoms. The molecule has 0 bridgehead atoms. The molecular formula is C13H10FN3S. The van der Waals surface area contributed by atoms with E-state index in [4.69, 9.17) is 11.0 Å². The highest BCUT2D eigenvalue weighted by Crippen LogP contribution is 2.26. The van der Waals surface area contributed by atoms with Crippen molar-refractivity contribution in [1.82, 2.24) is 4.98 Å². The van der Waals surface area contributed by atoms with Gasteiger partial charge in [0, 0.05) is 11.9 Å². The van der Waals surface area contributed by atoms with Gasteiger partial charge in [0.05, 0.1) is 17.3 Å². The van der Waals surface area contributed by atoms with E-state index >= 15 is 0 Å². The molecule has 0 atom stereocenters. The Morgan fingerprint density at radius 3 is 2.94 bits per heavy atom. The van der Waals surface area contributed by atoms with Crippen molar-refractivity contribution in [1.29, 1.82) is 5.26 Å². The average Bonchev–Trinajstić information content (AvgIpc) is 2.37. The monoisotopic (exact) mass is 259 g/mol. The minimum Gasteiger partial charge on any atom is -0.397 e. The number of nitrogens with two attached hydrogens (primary N) is 1. The number of nitrogen functional groups attached to an aromatic ring is 1. The Hall–Kier alpha value is -2.06. The summed E-state index contributed by atoms with van der Waals surface area (Å²) >= 11 is 1.42. The summed E-state index contributed by atoms with van der Waals surface area (Å²) in [5.41, 5.74) is 7.41. The Balaban J connectivity index is 2.14. The van der Waals surface area contributed by atoms with Crippen LogP contribution in [0.15, 0.2) is 41.6 Å². The fourth-order valence-electron chi connectivity index (χ4n) is 1.47. The Bertz CT molecular complexity index is 607. The molecule has 90 valence electrons. The molecule has 2 aromatic rings. The first-order valence-electron chi connectivity index (χ1n) is 5.22. The van der Waals surface area contributed by atoms with E-state index in [-0.39, 0.29) is 0 Å². The molecule has 0 fully saturated rings. The number of benzene rings is 1. The lowest BCUT2D eigenvalue weighted by Crippen LogP contribution is -1.92. The van der Waals surface area contributed by atoms with E-state index in [2.05, 4.69) is 4.98 Å². The molecule has 0 amide bonds. The smallest absolute Gasteiger partial charge is 0.124 e. The summed E-state index contributed by atoms with van der Waals surface area (Å²) in [7, 11) is 0. The average molecular weight is 259 g/mol. The van der Waals surface area contributed by atoms with Gasteiger partial charge in [0.1, 0.15) is 10.8 Å². The first kappa shape index (κ1) is 12.4. The number of nitriles is 1. The third-order valence-corrected chi connectivity index (χ3v) is 3.36. The van der Waals surface area contributed by atoms with Gasteiger partial charge in [-0.1, -0.05) is 11.8 Å². The minimum absolute atomic E-state index is 0.319. The van der Waals surface area contributed by atoms with Gasteiger partial charge in [-0.2, -0.15) is 5.26 Å². The topological polar surface area (TPSA) is 62.7 Å². The van der Waals surface area contributed by atoms with Crippen LogP contribution in [0.1, 0.15) is 11.1 Å². The Kier molecular flexibility index (Phi) is 3.80. The van der Waals surface area contributed by atoms with Gasteiger partial charge in [0.15, 0.2) is 0 Å². The van der Waals surface area contributed by atoms with Crippen molar-refractivity contribution in [2.45, 2.75) is 10.8 Å². The number of halogens is 1. The first-order valence-corrected chi connectivity index (χ1v) is 6.20. The summed E-state index contributed by atoms with van der Waals surface area (Å²) in [4.78, 5) is 4.14. The molecule has 3 nitrogen and oxygen atoms in total. The maximum atomic E-state index is 13.2. The van der Waals surface area contributed by atoms with Crippen molar-refractivity contribution in [2.24, 2.45) is 0 Å². The van der Waals surface area contributed by atoms with Gasteiger partial charge in [-0.25, -0.2) is 9.37 Å². The van der Waals surface area contributed by atoms with E-state index < -0.39 is 5.82 Å². The normalized spacial score (nSPS) is 10.0. The number of nitrogens with zero attached hydrogens (tertiary/aromatic N) is 2. The molecule has 0 saturated carbocycles. The second-order valence-electron chi connectivity index (χ2n) is 3.65. The third kappa shape index (κ3) is 2.99. The van der Waals surface area contributed by atoms with Crippen LogP contribution in [0.5, 0.6) is 0 Å². The van der Waals surface area contributed by atoms with Gasteiger partial charge in [-0.15, -0.1) is 0 Å². The third-order valence-electron chi connectivity index (χ3n) is 2.26. The molecule has 5 heteroatoms. The van der Waals surface area contributed by atoms with Crippen LogP contribution in [-0.2, 0) is 5.75 Å². The highest BCUT2D eigenvalue weighted by atomic mass is 32.2. The molecule has 1 aromatic heterocycles. The van der Waals surface area contributed by atoms with Crippen molar-refractivity contribution in [3.05, 3.63) is 53.5 Å². The minimum atomic E-state index is -0.404. The number of thioether (sulfide) groups is 1. The molecule has 0 radical (unpaired) electrons. The number of pyridine rings is 1. The zero-order chi connectivity index (χ0) is 13.0. The molecule has 1 heterocycles. The van der Waals surface area contributed by atoms with E-state index in [9.17, 15) is 4.39 Å². The fraction of sp³-hybridized carbons (Fsp3) is 0.0769. The highest BCUT2D eigenvalue weighted by Gasteiger charge is 2.04. The number of rotatable bonds is 3.